The Labute approximate surface area is 131 Å². The quantitative estimate of drug-likeness (QED) is 0.660. The highest BCUT2D eigenvalue weighted by molar-refractivity contribution is 5.63. The van der Waals surface area contributed by atoms with Gasteiger partial charge in [0.2, 0.25) is 0 Å². The van der Waals surface area contributed by atoms with Crippen molar-refractivity contribution < 1.29 is 22.6 Å². The zero-order valence-electron chi connectivity index (χ0n) is 12.5. The minimum absolute atomic E-state index is 0.240. The lowest BCUT2D eigenvalue weighted by Crippen LogP contribution is -2.17. The normalized spacial score (nSPS) is 11.7. The molecular formula is C16H15F3N2O2. The first-order valence-electron chi connectivity index (χ1n) is 6.67. The van der Waals surface area contributed by atoms with Crippen LogP contribution in [0.4, 0.5) is 18.9 Å². The Morgan fingerprint density at radius 1 is 1.04 bits per heavy atom. The molecule has 0 unspecified atom stereocenters. The highest BCUT2D eigenvalue weighted by Crippen LogP contribution is 2.33. The summed E-state index contributed by atoms with van der Waals surface area (Å²) in [4.78, 5) is 4.02. The number of hydrogen-bond acceptors (Lipinski definition) is 3. The molecule has 2 rings (SSSR count). The van der Waals surface area contributed by atoms with E-state index in [1.807, 2.05) is 6.92 Å². The number of nitrogens with two attached hydrogens (primary N) is 1. The summed E-state index contributed by atoms with van der Waals surface area (Å²) in [6, 6.07) is 8.88. The van der Waals surface area contributed by atoms with Crippen molar-refractivity contribution in [1.82, 2.24) is 0 Å². The van der Waals surface area contributed by atoms with Gasteiger partial charge in [-0.3, -0.25) is 0 Å². The average Bonchev–Trinajstić information content (AvgIpc) is 2.43. The van der Waals surface area contributed by atoms with E-state index in [-0.39, 0.29) is 11.5 Å². The summed E-state index contributed by atoms with van der Waals surface area (Å²) < 4.78 is 46.3. The van der Waals surface area contributed by atoms with E-state index in [2.05, 4.69) is 9.73 Å². The number of benzene rings is 2. The lowest BCUT2D eigenvalue weighted by molar-refractivity contribution is -0.274. The second-order valence-electron chi connectivity index (χ2n) is 4.81. The Bertz CT molecular complexity index is 728. The molecule has 0 fully saturated rings. The van der Waals surface area contributed by atoms with Crippen molar-refractivity contribution in [2.45, 2.75) is 20.2 Å². The molecule has 7 heteroatoms. The Morgan fingerprint density at radius 3 is 2.39 bits per heavy atom. The molecule has 2 N–H and O–H groups in total. The Hall–Kier alpha value is -2.70. The van der Waals surface area contributed by atoms with Crippen LogP contribution in [0.2, 0.25) is 0 Å². The molecule has 0 aliphatic heterocycles. The molecule has 0 saturated carbocycles. The molecular weight excluding hydrogens is 309 g/mol. The third-order valence-corrected chi connectivity index (χ3v) is 2.97. The summed E-state index contributed by atoms with van der Waals surface area (Å²) in [7, 11) is 0. The van der Waals surface area contributed by atoms with Crippen LogP contribution in [-0.4, -0.2) is 12.7 Å². The summed E-state index contributed by atoms with van der Waals surface area (Å²) in [5.74, 6) is 0.417. The number of aliphatic imine (C=N–C) groups is 1. The minimum Gasteiger partial charge on any atom is -0.457 e. The third kappa shape index (κ3) is 4.64. The molecule has 0 heterocycles. The van der Waals surface area contributed by atoms with Gasteiger partial charge in [0.1, 0.15) is 17.2 Å². The van der Waals surface area contributed by atoms with Crippen molar-refractivity contribution in [3.63, 3.8) is 0 Å². The van der Waals surface area contributed by atoms with Crippen LogP contribution < -0.4 is 15.2 Å². The minimum atomic E-state index is -4.74. The Kier molecular flexibility index (Phi) is 4.78. The second kappa shape index (κ2) is 6.60. The molecule has 0 aliphatic rings. The molecule has 0 radical (unpaired) electrons. The number of hydrogen-bond donors (Lipinski definition) is 1. The van der Waals surface area contributed by atoms with Crippen LogP contribution in [0.25, 0.3) is 0 Å². The highest BCUT2D eigenvalue weighted by Gasteiger charge is 2.31. The molecule has 0 spiro atoms. The van der Waals surface area contributed by atoms with Crippen LogP contribution in [-0.2, 0) is 0 Å². The maximum atomic E-state index is 12.2. The Balaban J connectivity index is 2.26. The second-order valence-corrected chi connectivity index (χ2v) is 4.81. The largest absolute Gasteiger partial charge is 0.573 e. The number of halogens is 3. The number of nitrogens with zero attached hydrogens (tertiary/aromatic N) is 1. The zero-order chi connectivity index (χ0) is 17.0. The van der Waals surface area contributed by atoms with Gasteiger partial charge in [-0.05, 0) is 49.2 Å². The van der Waals surface area contributed by atoms with Gasteiger partial charge in [-0.2, -0.15) is 0 Å². The fraction of sp³-hybridized carbons (Fsp3) is 0.188. The third-order valence-electron chi connectivity index (χ3n) is 2.97. The summed E-state index contributed by atoms with van der Waals surface area (Å²) in [5, 5.41) is 0. The van der Waals surface area contributed by atoms with Crippen LogP contribution in [0, 0.1) is 13.8 Å². The topological polar surface area (TPSA) is 56.8 Å². The molecule has 0 amide bonds. The van der Waals surface area contributed by atoms with Crippen LogP contribution in [0.5, 0.6) is 17.2 Å². The zero-order valence-corrected chi connectivity index (χ0v) is 12.5. The smallest absolute Gasteiger partial charge is 0.457 e. The summed E-state index contributed by atoms with van der Waals surface area (Å²) in [5.41, 5.74) is 7.58. The summed E-state index contributed by atoms with van der Waals surface area (Å²) in [6.07, 6.45) is -3.55. The van der Waals surface area contributed by atoms with E-state index in [0.29, 0.717) is 11.4 Å². The van der Waals surface area contributed by atoms with Crippen molar-refractivity contribution in [2.24, 2.45) is 10.7 Å². The molecule has 0 atom stereocenters. The fourth-order valence-corrected chi connectivity index (χ4v) is 1.97. The van der Waals surface area contributed by atoms with Gasteiger partial charge < -0.3 is 15.2 Å². The van der Waals surface area contributed by atoms with Crippen LogP contribution in [0.15, 0.2) is 41.4 Å². The van der Waals surface area contributed by atoms with Gasteiger partial charge >= 0.3 is 6.36 Å². The van der Waals surface area contributed by atoms with E-state index in [0.717, 1.165) is 11.1 Å². The lowest BCUT2D eigenvalue weighted by Gasteiger charge is -2.13. The first kappa shape index (κ1) is 16.7. The van der Waals surface area contributed by atoms with Crippen LogP contribution in [0.1, 0.15) is 11.1 Å². The van der Waals surface area contributed by atoms with E-state index in [1.165, 1.54) is 24.5 Å². The number of ether oxygens (including phenoxy) is 2. The van der Waals surface area contributed by atoms with Gasteiger partial charge in [-0.15, -0.1) is 13.2 Å². The van der Waals surface area contributed by atoms with Gasteiger partial charge in [0, 0.05) is 6.07 Å². The molecule has 0 bridgehead atoms. The first-order valence-corrected chi connectivity index (χ1v) is 6.67. The number of aryl methyl sites for hydroxylation is 2. The van der Waals surface area contributed by atoms with Crippen molar-refractivity contribution in [1.29, 1.82) is 0 Å². The van der Waals surface area contributed by atoms with Gasteiger partial charge in [-0.25, -0.2) is 4.99 Å². The van der Waals surface area contributed by atoms with E-state index in [1.54, 1.807) is 25.1 Å². The standard InChI is InChI=1S/C16H15F3N2O2/c1-10-7-15(11(2)6-14(10)21-9-20)22-12-4-3-5-13(8-12)23-16(17,18)19/h3-9H,1-2H3,(H2,20,21). The molecule has 4 nitrogen and oxygen atoms in total. The average molecular weight is 324 g/mol. The SMILES string of the molecule is Cc1cc(Oc2cccc(OC(F)(F)F)c2)c(C)cc1N=CN. The van der Waals surface area contributed by atoms with E-state index >= 15 is 0 Å². The highest BCUT2D eigenvalue weighted by atomic mass is 19.4. The number of alkyl halides is 3. The maximum Gasteiger partial charge on any atom is 0.573 e. The van der Waals surface area contributed by atoms with Gasteiger partial charge in [0.15, 0.2) is 0 Å². The molecule has 0 aromatic heterocycles. The lowest BCUT2D eigenvalue weighted by atomic mass is 10.1. The van der Waals surface area contributed by atoms with Gasteiger partial charge in [0.05, 0.1) is 12.0 Å². The van der Waals surface area contributed by atoms with Crippen molar-refractivity contribution in [3.05, 3.63) is 47.5 Å². The predicted octanol–water partition coefficient (Wildman–Crippen LogP) is 4.61. The molecule has 2 aromatic rings. The van der Waals surface area contributed by atoms with Crippen molar-refractivity contribution >= 4 is 12.0 Å². The molecule has 2 aromatic carbocycles. The van der Waals surface area contributed by atoms with Crippen LogP contribution in [0.3, 0.4) is 0 Å². The maximum absolute atomic E-state index is 12.2. The molecule has 0 aliphatic carbocycles. The first-order chi connectivity index (χ1) is 10.8. The number of rotatable bonds is 4. The summed E-state index contributed by atoms with van der Waals surface area (Å²) >= 11 is 0. The van der Waals surface area contributed by atoms with Gasteiger partial charge in [-0.1, -0.05) is 6.07 Å². The van der Waals surface area contributed by atoms with E-state index in [9.17, 15) is 13.2 Å². The molecule has 23 heavy (non-hydrogen) atoms. The summed E-state index contributed by atoms with van der Waals surface area (Å²) in [6.45, 7) is 3.64. The predicted molar refractivity (Wildman–Crippen MR) is 81.5 cm³/mol. The molecule has 122 valence electrons. The Morgan fingerprint density at radius 2 is 1.74 bits per heavy atom. The van der Waals surface area contributed by atoms with Gasteiger partial charge in [0.25, 0.3) is 0 Å². The van der Waals surface area contributed by atoms with E-state index in [4.69, 9.17) is 10.5 Å². The monoisotopic (exact) mass is 324 g/mol. The van der Waals surface area contributed by atoms with Crippen molar-refractivity contribution in [3.8, 4) is 17.2 Å². The van der Waals surface area contributed by atoms with Crippen LogP contribution >= 0.6 is 0 Å². The van der Waals surface area contributed by atoms with E-state index < -0.39 is 6.36 Å². The van der Waals surface area contributed by atoms with Crippen molar-refractivity contribution in [2.75, 3.05) is 0 Å². The fourth-order valence-electron chi connectivity index (χ4n) is 1.97. The molecule has 0 saturated heterocycles.